The molecule has 19 heavy (non-hydrogen) atoms. The van der Waals surface area contributed by atoms with Crippen molar-refractivity contribution in [3.63, 3.8) is 0 Å². The van der Waals surface area contributed by atoms with E-state index in [9.17, 15) is 0 Å². The molecular formula is C13H25N5S. The van der Waals surface area contributed by atoms with Gasteiger partial charge < -0.3 is 10.7 Å². The van der Waals surface area contributed by atoms with E-state index in [1.165, 1.54) is 11.5 Å². The van der Waals surface area contributed by atoms with Crippen LogP contribution < -0.4 is 16.6 Å². The second-order valence-corrected chi connectivity index (χ2v) is 5.87. The average Bonchev–Trinajstić information content (AvgIpc) is 2.39. The van der Waals surface area contributed by atoms with Crippen LogP contribution in [0.1, 0.15) is 39.4 Å². The lowest BCUT2D eigenvalue weighted by Gasteiger charge is -2.15. The molecule has 1 aromatic heterocycles. The summed E-state index contributed by atoms with van der Waals surface area (Å²) in [6, 6.07) is 2.25. The monoisotopic (exact) mass is 283 g/mol. The number of aromatic nitrogens is 2. The van der Waals surface area contributed by atoms with E-state index in [2.05, 4.69) is 41.5 Å². The van der Waals surface area contributed by atoms with E-state index < -0.39 is 0 Å². The first kappa shape index (κ1) is 16.0. The molecule has 4 N–H and O–H groups in total. The normalized spacial score (nSPS) is 12.2. The Bertz CT molecular complexity index is 372. The van der Waals surface area contributed by atoms with E-state index in [1.54, 1.807) is 0 Å². The summed E-state index contributed by atoms with van der Waals surface area (Å²) in [4.78, 5) is 8.85. The third-order valence-corrected chi connectivity index (χ3v) is 3.62. The van der Waals surface area contributed by atoms with Crippen LogP contribution in [0.5, 0.6) is 0 Å². The summed E-state index contributed by atoms with van der Waals surface area (Å²) in [5.74, 6) is 10.1. The molecule has 108 valence electrons. The van der Waals surface area contributed by atoms with E-state index in [0.717, 1.165) is 30.9 Å². The Kier molecular flexibility index (Phi) is 7.59. The minimum atomic E-state index is 0.397. The SMILES string of the molecule is CCCc1nc(NN)cc(NC(C)CCSCC)n1. The molecule has 1 atom stereocenters. The Labute approximate surface area is 120 Å². The highest BCUT2D eigenvalue weighted by atomic mass is 32.2. The third kappa shape index (κ3) is 6.11. The molecule has 0 aliphatic heterocycles. The van der Waals surface area contributed by atoms with Crippen molar-refractivity contribution in [3.05, 3.63) is 11.9 Å². The van der Waals surface area contributed by atoms with Crippen LogP contribution >= 0.6 is 11.8 Å². The van der Waals surface area contributed by atoms with Gasteiger partial charge in [0.05, 0.1) is 0 Å². The van der Waals surface area contributed by atoms with Crippen molar-refractivity contribution in [1.82, 2.24) is 9.97 Å². The van der Waals surface area contributed by atoms with Gasteiger partial charge in [0, 0.05) is 18.5 Å². The number of hydrazine groups is 1. The van der Waals surface area contributed by atoms with Gasteiger partial charge in [-0.3, -0.25) is 0 Å². The first-order chi connectivity index (χ1) is 9.19. The van der Waals surface area contributed by atoms with E-state index in [0.29, 0.717) is 11.9 Å². The summed E-state index contributed by atoms with van der Waals surface area (Å²) >= 11 is 1.96. The van der Waals surface area contributed by atoms with Crippen LogP contribution in [0.15, 0.2) is 6.07 Å². The van der Waals surface area contributed by atoms with Crippen LogP contribution in [0, 0.1) is 0 Å². The van der Waals surface area contributed by atoms with Gasteiger partial charge in [-0.25, -0.2) is 15.8 Å². The molecule has 0 aliphatic rings. The maximum atomic E-state index is 5.44. The molecule has 5 nitrogen and oxygen atoms in total. The van der Waals surface area contributed by atoms with Crippen molar-refractivity contribution >= 4 is 23.4 Å². The Hall–Kier alpha value is -1.01. The minimum absolute atomic E-state index is 0.397. The van der Waals surface area contributed by atoms with Crippen LogP contribution in [0.4, 0.5) is 11.6 Å². The zero-order valence-electron chi connectivity index (χ0n) is 12.1. The fourth-order valence-corrected chi connectivity index (χ4v) is 2.52. The molecule has 1 unspecified atom stereocenters. The maximum Gasteiger partial charge on any atom is 0.145 e. The van der Waals surface area contributed by atoms with Crippen molar-refractivity contribution in [3.8, 4) is 0 Å². The molecule has 1 aromatic rings. The molecule has 0 saturated carbocycles. The zero-order valence-corrected chi connectivity index (χ0v) is 12.9. The number of hydrogen-bond acceptors (Lipinski definition) is 6. The number of rotatable bonds is 9. The van der Waals surface area contributed by atoms with Crippen molar-refractivity contribution in [2.24, 2.45) is 5.84 Å². The fraction of sp³-hybridized carbons (Fsp3) is 0.692. The van der Waals surface area contributed by atoms with E-state index in [4.69, 9.17) is 5.84 Å². The van der Waals surface area contributed by atoms with Crippen LogP contribution in [0.3, 0.4) is 0 Å². The molecule has 0 radical (unpaired) electrons. The van der Waals surface area contributed by atoms with Gasteiger partial charge >= 0.3 is 0 Å². The maximum absolute atomic E-state index is 5.44. The van der Waals surface area contributed by atoms with E-state index in [-0.39, 0.29) is 0 Å². The number of aryl methyl sites for hydroxylation is 1. The van der Waals surface area contributed by atoms with Crippen LogP contribution in [-0.2, 0) is 6.42 Å². The van der Waals surface area contributed by atoms with Gasteiger partial charge in [-0.05, 0) is 31.3 Å². The van der Waals surface area contributed by atoms with Gasteiger partial charge in [-0.15, -0.1) is 0 Å². The van der Waals surface area contributed by atoms with Crippen LogP contribution in [-0.4, -0.2) is 27.5 Å². The zero-order chi connectivity index (χ0) is 14.1. The molecule has 0 aromatic carbocycles. The van der Waals surface area contributed by atoms with Crippen molar-refractivity contribution in [2.75, 3.05) is 22.2 Å². The summed E-state index contributed by atoms with van der Waals surface area (Å²) in [5, 5.41) is 3.41. The lowest BCUT2D eigenvalue weighted by molar-refractivity contribution is 0.759. The summed E-state index contributed by atoms with van der Waals surface area (Å²) in [5.41, 5.74) is 2.60. The van der Waals surface area contributed by atoms with Gasteiger partial charge in [-0.2, -0.15) is 11.8 Å². The van der Waals surface area contributed by atoms with Crippen molar-refractivity contribution < 1.29 is 0 Å². The molecule has 0 bridgehead atoms. The number of nitrogens with one attached hydrogen (secondary N) is 2. The fourth-order valence-electron chi connectivity index (χ4n) is 1.71. The number of nitrogen functional groups attached to an aromatic ring is 1. The number of nitrogens with two attached hydrogens (primary N) is 1. The first-order valence-corrected chi connectivity index (χ1v) is 8.03. The summed E-state index contributed by atoms with van der Waals surface area (Å²) in [6.45, 7) is 6.47. The molecule has 0 fully saturated rings. The molecule has 0 amide bonds. The van der Waals surface area contributed by atoms with Crippen LogP contribution in [0.25, 0.3) is 0 Å². The smallest absolute Gasteiger partial charge is 0.145 e. The molecule has 1 rings (SSSR count). The second-order valence-electron chi connectivity index (χ2n) is 4.48. The van der Waals surface area contributed by atoms with E-state index in [1.807, 2.05) is 17.8 Å². The Balaban J connectivity index is 2.62. The summed E-state index contributed by atoms with van der Waals surface area (Å²) in [6.07, 6.45) is 3.01. The molecule has 0 aliphatic carbocycles. The predicted molar refractivity (Wildman–Crippen MR) is 84.5 cm³/mol. The quantitative estimate of drug-likeness (QED) is 0.367. The first-order valence-electron chi connectivity index (χ1n) is 6.88. The Morgan fingerprint density at radius 1 is 1.32 bits per heavy atom. The molecular weight excluding hydrogens is 258 g/mol. The highest BCUT2D eigenvalue weighted by Crippen LogP contribution is 2.14. The predicted octanol–water partition coefficient (Wildman–Crippen LogP) is 2.66. The number of nitrogens with zero attached hydrogens (tertiary/aromatic N) is 2. The number of anilines is 2. The summed E-state index contributed by atoms with van der Waals surface area (Å²) < 4.78 is 0. The highest BCUT2D eigenvalue weighted by Gasteiger charge is 2.07. The van der Waals surface area contributed by atoms with Gasteiger partial charge in [0.2, 0.25) is 0 Å². The van der Waals surface area contributed by atoms with Gasteiger partial charge in [0.15, 0.2) is 0 Å². The topological polar surface area (TPSA) is 75.9 Å². The molecule has 6 heteroatoms. The van der Waals surface area contributed by atoms with Crippen LogP contribution in [0.2, 0.25) is 0 Å². The van der Waals surface area contributed by atoms with Gasteiger partial charge in [0.25, 0.3) is 0 Å². The van der Waals surface area contributed by atoms with Crippen molar-refractivity contribution in [1.29, 1.82) is 0 Å². The number of hydrogen-bond donors (Lipinski definition) is 3. The Morgan fingerprint density at radius 2 is 2.05 bits per heavy atom. The summed E-state index contributed by atoms with van der Waals surface area (Å²) in [7, 11) is 0. The van der Waals surface area contributed by atoms with Crippen molar-refractivity contribution in [2.45, 2.75) is 46.1 Å². The standard InChI is InChI=1S/C13H25N5S/c1-4-6-11-16-12(9-13(17-11)18-14)15-10(3)7-8-19-5-2/h9-10H,4-8,14H2,1-3H3,(H2,15,16,17,18). The largest absolute Gasteiger partial charge is 0.367 e. The van der Waals surface area contributed by atoms with Gasteiger partial charge in [0.1, 0.15) is 17.5 Å². The second kappa shape index (κ2) is 8.98. The molecule has 0 saturated heterocycles. The number of thioether (sulfide) groups is 1. The lowest BCUT2D eigenvalue weighted by atomic mass is 10.2. The van der Waals surface area contributed by atoms with E-state index >= 15 is 0 Å². The lowest BCUT2D eigenvalue weighted by Crippen LogP contribution is -2.19. The molecule has 0 spiro atoms. The average molecular weight is 283 g/mol. The molecule has 1 heterocycles. The third-order valence-electron chi connectivity index (χ3n) is 2.69. The Morgan fingerprint density at radius 3 is 2.68 bits per heavy atom. The minimum Gasteiger partial charge on any atom is -0.367 e. The van der Waals surface area contributed by atoms with Gasteiger partial charge in [-0.1, -0.05) is 13.8 Å². The highest BCUT2D eigenvalue weighted by molar-refractivity contribution is 7.99.